The van der Waals surface area contributed by atoms with E-state index in [1.54, 1.807) is 18.2 Å². The largest absolute Gasteiger partial charge is 0.493 e. The van der Waals surface area contributed by atoms with E-state index in [2.05, 4.69) is 15.5 Å². The third-order valence-corrected chi connectivity index (χ3v) is 3.58. The fourth-order valence-corrected chi connectivity index (χ4v) is 2.33. The van der Waals surface area contributed by atoms with Crippen molar-refractivity contribution >= 4 is 23.8 Å². The molecule has 0 atom stereocenters. The number of carbonyl (C=O) groups is 1. The molecule has 2 rings (SSSR count). The van der Waals surface area contributed by atoms with Gasteiger partial charge in [0.2, 0.25) is 5.96 Å². The van der Waals surface area contributed by atoms with Gasteiger partial charge < -0.3 is 26.3 Å². The number of guanidine groups is 1. The monoisotopic (exact) mass is 369 g/mol. The zero-order chi connectivity index (χ0) is 19.8. The number of amides is 1. The summed E-state index contributed by atoms with van der Waals surface area (Å²) in [5, 5.41) is 10.1. The van der Waals surface area contributed by atoms with E-state index in [1.165, 1.54) is 13.3 Å². The number of nitrogens with zero attached hydrogens (tertiary/aromatic N) is 2. The van der Waals surface area contributed by atoms with Gasteiger partial charge in [0.05, 0.1) is 13.3 Å². The van der Waals surface area contributed by atoms with E-state index in [-0.39, 0.29) is 18.5 Å². The Hall–Kier alpha value is -3.55. The SMILES string of the molecule is COc1cc(/C=N/N=C(N)N)ccc1OCC(=O)Nc1ccc(C)cc1C. The third-order valence-electron chi connectivity index (χ3n) is 3.58. The first-order chi connectivity index (χ1) is 12.9. The summed E-state index contributed by atoms with van der Waals surface area (Å²) in [6, 6.07) is 10.9. The highest BCUT2D eigenvalue weighted by Gasteiger charge is 2.09. The quantitative estimate of drug-likeness (QED) is 0.391. The van der Waals surface area contributed by atoms with Gasteiger partial charge in [-0.25, -0.2) is 0 Å². The molecule has 0 fully saturated rings. The van der Waals surface area contributed by atoms with E-state index < -0.39 is 0 Å². The summed E-state index contributed by atoms with van der Waals surface area (Å²) in [5.74, 6) is 0.505. The molecular weight excluding hydrogens is 346 g/mol. The summed E-state index contributed by atoms with van der Waals surface area (Å²) in [5.41, 5.74) is 14.0. The number of nitrogens with two attached hydrogens (primary N) is 2. The molecule has 27 heavy (non-hydrogen) atoms. The van der Waals surface area contributed by atoms with Crippen LogP contribution >= 0.6 is 0 Å². The standard InChI is InChI=1S/C19H23N5O3/c1-12-4-6-15(13(2)8-12)23-18(25)11-27-16-7-5-14(9-17(16)26-3)10-22-24-19(20)21/h4-10H,11H2,1-3H3,(H,23,25)(H4,20,21,24)/b22-10+. The Morgan fingerprint density at radius 1 is 1.15 bits per heavy atom. The fourth-order valence-electron chi connectivity index (χ4n) is 2.33. The summed E-state index contributed by atoms with van der Waals surface area (Å²) >= 11 is 0. The molecule has 0 aromatic heterocycles. The van der Waals surface area contributed by atoms with Gasteiger partial charge in [0.25, 0.3) is 5.91 Å². The molecule has 0 unspecified atom stereocenters. The first-order valence-corrected chi connectivity index (χ1v) is 8.19. The molecule has 142 valence electrons. The fraction of sp³-hybridized carbons (Fsp3) is 0.211. The van der Waals surface area contributed by atoms with Crippen molar-refractivity contribution in [1.82, 2.24) is 0 Å². The average Bonchev–Trinajstić information content (AvgIpc) is 2.62. The van der Waals surface area contributed by atoms with Gasteiger partial charge >= 0.3 is 0 Å². The first kappa shape index (κ1) is 19.8. The van der Waals surface area contributed by atoms with Crippen LogP contribution in [0.5, 0.6) is 11.5 Å². The summed E-state index contributed by atoms with van der Waals surface area (Å²) in [4.78, 5) is 12.2. The Labute approximate surface area is 157 Å². The summed E-state index contributed by atoms with van der Waals surface area (Å²) in [6.07, 6.45) is 1.47. The molecule has 0 heterocycles. The lowest BCUT2D eigenvalue weighted by Crippen LogP contribution is -2.21. The zero-order valence-corrected chi connectivity index (χ0v) is 15.5. The van der Waals surface area contributed by atoms with Crippen molar-refractivity contribution in [3.63, 3.8) is 0 Å². The highest BCUT2D eigenvalue weighted by atomic mass is 16.5. The molecular formula is C19H23N5O3. The Morgan fingerprint density at radius 2 is 1.93 bits per heavy atom. The van der Waals surface area contributed by atoms with E-state index in [0.29, 0.717) is 17.1 Å². The number of carbonyl (C=O) groups excluding carboxylic acids is 1. The van der Waals surface area contributed by atoms with Gasteiger partial charge in [-0.3, -0.25) is 4.79 Å². The number of nitrogens with one attached hydrogen (secondary N) is 1. The molecule has 8 nitrogen and oxygen atoms in total. The Morgan fingerprint density at radius 3 is 2.59 bits per heavy atom. The van der Waals surface area contributed by atoms with E-state index in [1.807, 2.05) is 32.0 Å². The van der Waals surface area contributed by atoms with E-state index in [4.69, 9.17) is 20.9 Å². The molecule has 0 saturated heterocycles. The number of anilines is 1. The van der Waals surface area contributed by atoms with Crippen LogP contribution in [-0.4, -0.2) is 31.8 Å². The predicted octanol–water partition coefficient (Wildman–Crippen LogP) is 1.94. The molecule has 0 bridgehead atoms. The van der Waals surface area contributed by atoms with E-state index >= 15 is 0 Å². The highest BCUT2D eigenvalue weighted by Crippen LogP contribution is 2.27. The van der Waals surface area contributed by atoms with Crippen LogP contribution < -0.4 is 26.3 Å². The Bertz CT molecular complexity index is 874. The van der Waals surface area contributed by atoms with Gasteiger partial charge in [0.15, 0.2) is 18.1 Å². The number of hydrogen-bond donors (Lipinski definition) is 3. The van der Waals surface area contributed by atoms with Gasteiger partial charge in [-0.15, -0.1) is 5.10 Å². The molecule has 2 aromatic rings. The predicted molar refractivity (Wildman–Crippen MR) is 106 cm³/mol. The van der Waals surface area contributed by atoms with E-state index in [0.717, 1.165) is 16.8 Å². The molecule has 0 aliphatic heterocycles. The van der Waals surface area contributed by atoms with Crippen molar-refractivity contribution in [2.45, 2.75) is 13.8 Å². The number of rotatable bonds is 7. The zero-order valence-electron chi connectivity index (χ0n) is 15.5. The van der Waals surface area contributed by atoms with Crippen molar-refractivity contribution in [3.05, 3.63) is 53.1 Å². The van der Waals surface area contributed by atoms with Crippen LogP contribution in [-0.2, 0) is 4.79 Å². The van der Waals surface area contributed by atoms with Crippen molar-refractivity contribution in [1.29, 1.82) is 0 Å². The van der Waals surface area contributed by atoms with Crippen LogP contribution in [0.15, 0.2) is 46.6 Å². The molecule has 2 aromatic carbocycles. The highest BCUT2D eigenvalue weighted by molar-refractivity contribution is 5.92. The molecule has 0 aliphatic rings. The maximum absolute atomic E-state index is 12.2. The van der Waals surface area contributed by atoms with Crippen LogP contribution in [0.1, 0.15) is 16.7 Å². The van der Waals surface area contributed by atoms with Crippen LogP contribution in [0.3, 0.4) is 0 Å². The van der Waals surface area contributed by atoms with Crippen LogP contribution in [0.25, 0.3) is 0 Å². The molecule has 0 radical (unpaired) electrons. The maximum atomic E-state index is 12.2. The summed E-state index contributed by atoms with van der Waals surface area (Å²) in [7, 11) is 1.51. The lowest BCUT2D eigenvalue weighted by Gasteiger charge is -2.12. The molecule has 0 saturated carbocycles. The number of methoxy groups -OCH3 is 1. The van der Waals surface area contributed by atoms with E-state index in [9.17, 15) is 4.79 Å². The van der Waals surface area contributed by atoms with Crippen molar-refractivity contribution in [3.8, 4) is 11.5 Å². The Balaban J connectivity index is 2.01. The van der Waals surface area contributed by atoms with Crippen molar-refractivity contribution < 1.29 is 14.3 Å². The summed E-state index contributed by atoms with van der Waals surface area (Å²) in [6.45, 7) is 3.79. The number of hydrogen-bond acceptors (Lipinski definition) is 5. The van der Waals surface area contributed by atoms with Crippen LogP contribution in [0.2, 0.25) is 0 Å². The molecule has 0 spiro atoms. The van der Waals surface area contributed by atoms with Crippen LogP contribution in [0, 0.1) is 13.8 Å². The van der Waals surface area contributed by atoms with Gasteiger partial charge in [0.1, 0.15) is 0 Å². The second-order valence-corrected chi connectivity index (χ2v) is 5.83. The number of benzene rings is 2. The Kier molecular flexibility index (Phi) is 6.76. The lowest BCUT2D eigenvalue weighted by atomic mass is 10.1. The molecule has 5 N–H and O–H groups in total. The van der Waals surface area contributed by atoms with Gasteiger partial charge in [0, 0.05) is 5.69 Å². The van der Waals surface area contributed by atoms with Gasteiger partial charge in [-0.2, -0.15) is 5.10 Å². The van der Waals surface area contributed by atoms with Crippen molar-refractivity contribution in [2.75, 3.05) is 19.0 Å². The van der Waals surface area contributed by atoms with Gasteiger partial charge in [-0.1, -0.05) is 17.7 Å². The topological polar surface area (TPSA) is 124 Å². The molecule has 0 aliphatic carbocycles. The molecule has 1 amide bonds. The normalized spacial score (nSPS) is 10.5. The van der Waals surface area contributed by atoms with Gasteiger partial charge in [-0.05, 0) is 49.2 Å². The second-order valence-electron chi connectivity index (χ2n) is 5.83. The maximum Gasteiger partial charge on any atom is 0.262 e. The molecule has 8 heteroatoms. The van der Waals surface area contributed by atoms with Crippen molar-refractivity contribution in [2.24, 2.45) is 21.7 Å². The first-order valence-electron chi connectivity index (χ1n) is 8.19. The lowest BCUT2D eigenvalue weighted by molar-refractivity contribution is -0.118. The average molecular weight is 369 g/mol. The number of aryl methyl sites for hydroxylation is 2. The smallest absolute Gasteiger partial charge is 0.262 e. The minimum absolute atomic E-state index is 0.131. The third kappa shape index (κ3) is 6.03. The number of ether oxygens (including phenoxy) is 2. The minimum Gasteiger partial charge on any atom is -0.493 e. The minimum atomic E-state index is -0.262. The summed E-state index contributed by atoms with van der Waals surface area (Å²) < 4.78 is 10.9. The second kappa shape index (κ2) is 9.23. The van der Waals surface area contributed by atoms with Crippen LogP contribution in [0.4, 0.5) is 5.69 Å².